The second-order valence-corrected chi connectivity index (χ2v) is 6.96. The average molecular weight is 385 g/mol. The predicted octanol–water partition coefficient (Wildman–Crippen LogP) is 3.15. The normalized spacial score (nSPS) is 12.8. The van der Waals surface area contributed by atoms with Crippen molar-refractivity contribution in [2.45, 2.75) is 13.1 Å². The fourth-order valence-corrected chi connectivity index (χ4v) is 3.37. The van der Waals surface area contributed by atoms with Crippen molar-refractivity contribution in [1.82, 2.24) is 14.8 Å². The molecule has 144 valence electrons. The molecule has 6 nitrogen and oxygen atoms in total. The van der Waals surface area contributed by atoms with Crippen LogP contribution in [0.25, 0.3) is 0 Å². The molecule has 1 aliphatic rings. The van der Waals surface area contributed by atoms with E-state index in [1.165, 1.54) is 4.90 Å². The van der Waals surface area contributed by atoms with E-state index in [1.807, 2.05) is 12.1 Å². The highest BCUT2D eigenvalue weighted by atomic mass is 16.2. The molecule has 29 heavy (non-hydrogen) atoms. The van der Waals surface area contributed by atoms with Crippen molar-refractivity contribution in [3.05, 3.63) is 101 Å². The van der Waals surface area contributed by atoms with Gasteiger partial charge in [-0.05, 0) is 47.5 Å². The van der Waals surface area contributed by atoms with Crippen LogP contribution >= 0.6 is 0 Å². The summed E-state index contributed by atoms with van der Waals surface area (Å²) in [6.07, 6.45) is 3.39. The Morgan fingerprint density at radius 2 is 1.45 bits per heavy atom. The van der Waals surface area contributed by atoms with Crippen LogP contribution in [0.3, 0.4) is 0 Å². The Kier molecular flexibility index (Phi) is 4.91. The fraction of sp³-hybridized carbons (Fsp3) is 0.130. The number of hydrogen-bond donors (Lipinski definition) is 0. The van der Waals surface area contributed by atoms with E-state index in [4.69, 9.17) is 0 Å². The summed E-state index contributed by atoms with van der Waals surface area (Å²) in [6.45, 7) is 0.659. The number of rotatable bonds is 5. The first kappa shape index (κ1) is 18.6. The number of carbonyl (C=O) groups is 3. The Labute approximate surface area is 168 Å². The molecule has 6 heteroatoms. The number of nitrogens with zero attached hydrogens (tertiary/aromatic N) is 3. The third-order valence-corrected chi connectivity index (χ3v) is 4.94. The highest BCUT2D eigenvalue weighted by Crippen LogP contribution is 2.24. The van der Waals surface area contributed by atoms with E-state index in [2.05, 4.69) is 4.98 Å². The van der Waals surface area contributed by atoms with Gasteiger partial charge < -0.3 is 4.90 Å². The molecule has 0 fully saturated rings. The molecule has 0 spiro atoms. The molecule has 0 bridgehead atoms. The van der Waals surface area contributed by atoms with Crippen LogP contribution in [0.15, 0.2) is 73.1 Å². The molecule has 0 saturated heterocycles. The first-order chi connectivity index (χ1) is 14.0. The summed E-state index contributed by atoms with van der Waals surface area (Å²) in [5, 5.41) is 0. The second-order valence-electron chi connectivity index (χ2n) is 6.96. The summed E-state index contributed by atoms with van der Waals surface area (Å²) in [7, 11) is 1.75. The molecule has 4 rings (SSSR count). The quantitative estimate of drug-likeness (QED) is 0.633. The van der Waals surface area contributed by atoms with Gasteiger partial charge in [-0.3, -0.25) is 24.3 Å². The van der Waals surface area contributed by atoms with Crippen LogP contribution in [0.1, 0.15) is 42.2 Å². The van der Waals surface area contributed by atoms with E-state index in [9.17, 15) is 14.4 Å². The lowest BCUT2D eigenvalue weighted by atomic mass is 10.1. The van der Waals surface area contributed by atoms with Crippen LogP contribution in [-0.4, -0.2) is 39.6 Å². The van der Waals surface area contributed by atoms with Gasteiger partial charge in [0.1, 0.15) is 0 Å². The van der Waals surface area contributed by atoms with Gasteiger partial charge in [-0.2, -0.15) is 0 Å². The predicted molar refractivity (Wildman–Crippen MR) is 107 cm³/mol. The maximum absolute atomic E-state index is 12.6. The van der Waals surface area contributed by atoms with E-state index in [1.54, 1.807) is 72.9 Å². The molecule has 0 N–H and O–H groups in total. The van der Waals surface area contributed by atoms with E-state index in [0.29, 0.717) is 23.2 Å². The topological polar surface area (TPSA) is 70.6 Å². The van der Waals surface area contributed by atoms with E-state index >= 15 is 0 Å². The Morgan fingerprint density at radius 3 is 2.03 bits per heavy atom. The zero-order valence-electron chi connectivity index (χ0n) is 15.9. The molecule has 0 aliphatic carbocycles. The summed E-state index contributed by atoms with van der Waals surface area (Å²) >= 11 is 0. The zero-order valence-corrected chi connectivity index (χ0v) is 15.9. The van der Waals surface area contributed by atoms with Crippen molar-refractivity contribution >= 4 is 17.7 Å². The van der Waals surface area contributed by atoms with Gasteiger partial charge in [-0.1, -0.05) is 24.3 Å². The Hall–Kier alpha value is -3.80. The highest BCUT2D eigenvalue weighted by molar-refractivity contribution is 6.21. The molecule has 0 unspecified atom stereocenters. The molecule has 1 aliphatic heterocycles. The first-order valence-corrected chi connectivity index (χ1v) is 9.23. The molecular formula is C23H19N3O3. The number of aromatic nitrogens is 1. The summed E-state index contributed by atoms with van der Waals surface area (Å²) in [6, 6.07) is 17.6. The number of amides is 3. The second kappa shape index (κ2) is 7.67. The Balaban J connectivity index is 1.44. The molecule has 0 saturated carbocycles. The number of fused-ring (bicyclic) bond motifs is 1. The van der Waals surface area contributed by atoms with Gasteiger partial charge in [0.25, 0.3) is 17.7 Å². The van der Waals surface area contributed by atoms with Crippen molar-refractivity contribution in [2.24, 2.45) is 0 Å². The van der Waals surface area contributed by atoms with Crippen molar-refractivity contribution < 1.29 is 14.4 Å². The molecule has 1 aromatic heterocycles. The minimum absolute atomic E-state index is 0.103. The third kappa shape index (κ3) is 3.65. The van der Waals surface area contributed by atoms with Crippen molar-refractivity contribution in [3.63, 3.8) is 0 Å². The van der Waals surface area contributed by atoms with Crippen LogP contribution in [0.5, 0.6) is 0 Å². The highest BCUT2D eigenvalue weighted by Gasteiger charge is 2.34. The molecule has 0 radical (unpaired) electrons. The SMILES string of the molecule is CN(Cc1ccncc1)C(=O)c1ccc(CN2C(=O)c3ccccc3C2=O)cc1. The van der Waals surface area contributed by atoms with Crippen LogP contribution in [0.4, 0.5) is 0 Å². The maximum atomic E-state index is 12.6. The lowest BCUT2D eigenvalue weighted by Crippen LogP contribution is -2.29. The number of imide groups is 1. The van der Waals surface area contributed by atoms with Crippen LogP contribution in [0.2, 0.25) is 0 Å². The Morgan fingerprint density at radius 1 is 0.862 bits per heavy atom. The van der Waals surface area contributed by atoms with Crippen molar-refractivity contribution in [1.29, 1.82) is 0 Å². The average Bonchev–Trinajstić information content (AvgIpc) is 2.99. The third-order valence-electron chi connectivity index (χ3n) is 4.94. The lowest BCUT2D eigenvalue weighted by Gasteiger charge is -2.18. The summed E-state index contributed by atoms with van der Waals surface area (Å²) in [5.74, 6) is -0.681. The summed E-state index contributed by atoms with van der Waals surface area (Å²) in [4.78, 5) is 44.5. The molecule has 3 aromatic rings. The number of benzene rings is 2. The molecule has 3 amide bonds. The minimum Gasteiger partial charge on any atom is -0.337 e. The zero-order chi connectivity index (χ0) is 20.4. The molecule has 2 aromatic carbocycles. The monoisotopic (exact) mass is 385 g/mol. The lowest BCUT2D eigenvalue weighted by molar-refractivity contribution is 0.0641. The van der Waals surface area contributed by atoms with E-state index < -0.39 is 0 Å². The van der Waals surface area contributed by atoms with E-state index in [0.717, 1.165) is 11.1 Å². The van der Waals surface area contributed by atoms with Gasteiger partial charge in [0.15, 0.2) is 0 Å². The van der Waals surface area contributed by atoms with Crippen LogP contribution in [0, 0.1) is 0 Å². The fourth-order valence-electron chi connectivity index (χ4n) is 3.37. The van der Waals surface area contributed by atoms with Crippen LogP contribution < -0.4 is 0 Å². The van der Waals surface area contributed by atoms with E-state index in [-0.39, 0.29) is 24.3 Å². The van der Waals surface area contributed by atoms with Crippen molar-refractivity contribution in [2.75, 3.05) is 7.05 Å². The molecule has 2 heterocycles. The number of hydrogen-bond acceptors (Lipinski definition) is 4. The number of carbonyl (C=O) groups excluding carboxylic acids is 3. The summed E-state index contributed by atoms with van der Waals surface area (Å²) in [5.41, 5.74) is 3.20. The standard InChI is InChI=1S/C23H19N3O3/c1-25(14-17-10-12-24-13-11-17)21(27)18-8-6-16(7-9-18)15-26-22(28)19-4-2-3-5-20(19)23(26)29/h2-13H,14-15H2,1H3. The van der Waals surface area contributed by atoms with Crippen LogP contribution in [-0.2, 0) is 13.1 Å². The van der Waals surface area contributed by atoms with Gasteiger partial charge in [-0.15, -0.1) is 0 Å². The van der Waals surface area contributed by atoms with Gasteiger partial charge in [-0.25, -0.2) is 0 Å². The largest absolute Gasteiger partial charge is 0.337 e. The molecule has 0 atom stereocenters. The van der Waals surface area contributed by atoms with Crippen molar-refractivity contribution in [3.8, 4) is 0 Å². The van der Waals surface area contributed by atoms with Gasteiger partial charge in [0.05, 0.1) is 17.7 Å². The summed E-state index contributed by atoms with van der Waals surface area (Å²) < 4.78 is 0. The maximum Gasteiger partial charge on any atom is 0.261 e. The van der Waals surface area contributed by atoms with Gasteiger partial charge in [0.2, 0.25) is 0 Å². The molecular weight excluding hydrogens is 366 g/mol. The van der Waals surface area contributed by atoms with Gasteiger partial charge >= 0.3 is 0 Å². The minimum atomic E-state index is -0.289. The Bertz CT molecular complexity index is 1040. The first-order valence-electron chi connectivity index (χ1n) is 9.23. The smallest absolute Gasteiger partial charge is 0.261 e. The number of pyridine rings is 1. The van der Waals surface area contributed by atoms with Gasteiger partial charge in [0, 0.05) is 31.5 Å².